The molecule has 2 aliphatic rings. The second kappa shape index (κ2) is 8.59. The molecule has 4 aromatic rings. The van der Waals surface area contributed by atoms with E-state index in [0.29, 0.717) is 31.2 Å². The Kier molecular flexibility index (Phi) is 5.24. The first-order chi connectivity index (χ1) is 17.5. The molecule has 182 valence electrons. The van der Waals surface area contributed by atoms with Crippen molar-refractivity contribution in [3.8, 4) is 11.4 Å². The number of urea groups is 1. The molecule has 2 aliphatic heterocycles. The Hall–Kier alpha value is -4.54. The first kappa shape index (κ1) is 22.0. The van der Waals surface area contributed by atoms with E-state index in [-0.39, 0.29) is 5.91 Å². The summed E-state index contributed by atoms with van der Waals surface area (Å²) in [6.45, 7) is 4.51. The van der Waals surface area contributed by atoms with Crippen molar-refractivity contribution in [3.05, 3.63) is 72.0 Å². The van der Waals surface area contributed by atoms with Gasteiger partial charge < -0.3 is 13.8 Å². The van der Waals surface area contributed by atoms with Crippen molar-refractivity contribution in [2.75, 3.05) is 6.54 Å². The second-order valence-corrected chi connectivity index (χ2v) is 8.82. The summed E-state index contributed by atoms with van der Waals surface area (Å²) >= 11 is 0. The first-order valence-electron chi connectivity index (χ1n) is 11.8. The highest BCUT2D eigenvalue weighted by molar-refractivity contribution is 6.04. The molecular formula is C25H24N8O3. The van der Waals surface area contributed by atoms with E-state index in [1.54, 1.807) is 11.8 Å². The number of carbonyl (C=O) groups excluding carboxylic acids is 2. The summed E-state index contributed by atoms with van der Waals surface area (Å²) in [5, 5.41) is 6.46. The fraction of sp³-hybridized carbons (Fsp3) is 0.280. The van der Waals surface area contributed by atoms with Gasteiger partial charge in [0.05, 0.1) is 5.69 Å². The zero-order valence-corrected chi connectivity index (χ0v) is 19.8. The molecule has 6 rings (SSSR count). The summed E-state index contributed by atoms with van der Waals surface area (Å²) in [7, 11) is 0. The topological polar surface area (TPSA) is 121 Å². The number of amides is 3. The number of imidazole rings is 1. The minimum Gasteiger partial charge on any atom is -0.340 e. The molecule has 0 bridgehead atoms. The number of nitrogens with one attached hydrogen (secondary N) is 1. The molecule has 5 heterocycles. The van der Waals surface area contributed by atoms with Crippen LogP contribution in [-0.4, -0.2) is 65.9 Å². The Balaban J connectivity index is 1.32. The SMILES string of the molecule is CCN1C(=O)NC(=O)C2C1N=C(Cc1cn3ccccc3n1)N2Cc1ccc(-c2noc(C)n2)cc1. The van der Waals surface area contributed by atoms with Crippen LogP contribution in [0.25, 0.3) is 17.0 Å². The largest absolute Gasteiger partial charge is 0.340 e. The number of aromatic nitrogens is 4. The Morgan fingerprint density at radius 3 is 2.61 bits per heavy atom. The van der Waals surface area contributed by atoms with Crippen molar-refractivity contribution in [1.29, 1.82) is 0 Å². The van der Waals surface area contributed by atoms with Crippen molar-refractivity contribution in [3.63, 3.8) is 0 Å². The number of fused-ring (bicyclic) bond motifs is 2. The number of pyridine rings is 1. The number of benzene rings is 1. The zero-order valence-electron chi connectivity index (χ0n) is 19.8. The molecule has 11 heteroatoms. The van der Waals surface area contributed by atoms with Crippen molar-refractivity contribution >= 4 is 23.4 Å². The lowest BCUT2D eigenvalue weighted by Crippen LogP contribution is -2.64. The Bertz CT molecular complexity index is 1460. The van der Waals surface area contributed by atoms with Gasteiger partial charge >= 0.3 is 6.03 Å². The Morgan fingerprint density at radius 2 is 1.89 bits per heavy atom. The van der Waals surface area contributed by atoms with Crippen LogP contribution in [0, 0.1) is 6.92 Å². The number of hydrogen-bond donors (Lipinski definition) is 1. The van der Waals surface area contributed by atoms with Crippen LogP contribution in [-0.2, 0) is 17.8 Å². The number of aryl methyl sites for hydroxylation is 1. The monoisotopic (exact) mass is 484 g/mol. The third-order valence-corrected chi connectivity index (χ3v) is 6.50. The van der Waals surface area contributed by atoms with Crippen LogP contribution >= 0.6 is 0 Å². The van der Waals surface area contributed by atoms with Gasteiger partial charge in [0.1, 0.15) is 11.5 Å². The molecule has 2 atom stereocenters. The van der Waals surface area contributed by atoms with Gasteiger partial charge in [-0.3, -0.25) is 15.0 Å². The average molecular weight is 485 g/mol. The summed E-state index contributed by atoms with van der Waals surface area (Å²) in [5.74, 6) is 1.40. The summed E-state index contributed by atoms with van der Waals surface area (Å²) in [6, 6.07) is 12.6. The van der Waals surface area contributed by atoms with Crippen molar-refractivity contribution in [1.82, 2.24) is 34.6 Å². The molecule has 0 aliphatic carbocycles. The van der Waals surface area contributed by atoms with E-state index in [1.807, 2.05) is 71.1 Å². The molecule has 2 unspecified atom stereocenters. The molecule has 0 saturated carbocycles. The number of hydrogen-bond acceptors (Lipinski definition) is 8. The van der Waals surface area contributed by atoms with E-state index < -0.39 is 18.2 Å². The fourth-order valence-electron chi connectivity index (χ4n) is 4.78. The van der Waals surface area contributed by atoms with Crippen LogP contribution in [0.2, 0.25) is 0 Å². The van der Waals surface area contributed by atoms with Gasteiger partial charge in [-0.25, -0.2) is 14.8 Å². The summed E-state index contributed by atoms with van der Waals surface area (Å²) in [5.41, 5.74) is 3.49. The lowest BCUT2D eigenvalue weighted by atomic mass is 10.1. The third-order valence-electron chi connectivity index (χ3n) is 6.50. The minimum absolute atomic E-state index is 0.345. The van der Waals surface area contributed by atoms with E-state index >= 15 is 0 Å². The maximum Gasteiger partial charge on any atom is 0.325 e. The van der Waals surface area contributed by atoms with Crippen LogP contribution < -0.4 is 5.32 Å². The zero-order chi connectivity index (χ0) is 24.8. The van der Waals surface area contributed by atoms with Gasteiger partial charge in [0, 0.05) is 44.4 Å². The molecule has 1 aromatic carbocycles. The smallest absolute Gasteiger partial charge is 0.325 e. The molecular weight excluding hydrogens is 460 g/mol. The number of aliphatic imine (C=N–C) groups is 1. The lowest BCUT2D eigenvalue weighted by Gasteiger charge is -2.37. The van der Waals surface area contributed by atoms with E-state index in [1.165, 1.54) is 0 Å². The number of amidine groups is 1. The van der Waals surface area contributed by atoms with Crippen LogP contribution in [0.4, 0.5) is 4.79 Å². The molecule has 1 fully saturated rings. The van der Waals surface area contributed by atoms with Crippen molar-refractivity contribution in [2.24, 2.45) is 4.99 Å². The number of imide groups is 1. The van der Waals surface area contributed by atoms with Crippen LogP contribution in [0.3, 0.4) is 0 Å². The third kappa shape index (κ3) is 3.78. The maximum atomic E-state index is 13.0. The van der Waals surface area contributed by atoms with E-state index in [2.05, 4.69) is 15.5 Å². The highest BCUT2D eigenvalue weighted by Crippen LogP contribution is 2.28. The normalized spacial score (nSPS) is 19.6. The van der Waals surface area contributed by atoms with Crippen LogP contribution in [0.15, 0.2) is 64.4 Å². The molecule has 1 saturated heterocycles. The van der Waals surface area contributed by atoms with Gasteiger partial charge in [-0.2, -0.15) is 4.98 Å². The lowest BCUT2D eigenvalue weighted by molar-refractivity contribution is -0.127. The van der Waals surface area contributed by atoms with Gasteiger partial charge in [0.2, 0.25) is 11.7 Å². The second-order valence-electron chi connectivity index (χ2n) is 8.82. The molecule has 0 radical (unpaired) electrons. The number of rotatable bonds is 6. The van der Waals surface area contributed by atoms with Gasteiger partial charge in [0.15, 0.2) is 12.2 Å². The average Bonchev–Trinajstić information content (AvgIpc) is 3.57. The van der Waals surface area contributed by atoms with Gasteiger partial charge in [-0.15, -0.1) is 0 Å². The first-order valence-corrected chi connectivity index (χ1v) is 11.8. The van der Waals surface area contributed by atoms with Crippen molar-refractivity contribution < 1.29 is 14.1 Å². The molecule has 3 amide bonds. The Labute approximate surface area is 206 Å². The quantitative estimate of drug-likeness (QED) is 0.446. The molecule has 0 spiro atoms. The number of carbonyl (C=O) groups is 2. The number of nitrogens with zero attached hydrogens (tertiary/aromatic N) is 7. The fourth-order valence-corrected chi connectivity index (χ4v) is 4.78. The summed E-state index contributed by atoms with van der Waals surface area (Å²) in [4.78, 5) is 42.9. The maximum absolute atomic E-state index is 13.0. The number of likely N-dealkylation sites (N-methyl/N-ethyl adjacent to an activating group) is 1. The van der Waals surface area contributed by atoms with E-state index in [0.717, 1.165) is 28.3 Å². The van der Waals surface area contributed by atoms with Gasteiger partial charge in [0.25, 0.3) is 5.91 Å². The van der Waals surface area contributed by atoms with Crippen LogP contribution in [0.1, 0.15) is 24.1 Å². The predicted octanol–water partition coefficient (Wildman–Crippen LogP) is 2.42. The highest BCUT2D eigenvalue weighted by Gasteiger charge is 2.49. The Morgan fingerprint density at radius 1 is 1.06 bits per heavy atom. The summed E-state index contributed by atoms with van der Waals surface area (Å²) in [6.07, 6.45) is 3.76. The van der Waals surface area contributed by atoms with E-state index in [4.69, 9.17) is 14.5 Å². The standard InChI is InChI=1S/C25H24N8O3/c1-3-32-23-21(24(34)29-25(32)35)33(13-16-7-9-17(10-8-16)22-26-15(2)36-30-22)20(28-23)12-18-14-31-11-5-4-6-19(31)27-18/h4-11,14,21,23H,3,12-13H2,1-2H3,(H,29,34,35). The van der Waals surface area contributed by atoms with Gasteiger partial charge in [-0.05, 0) is 24.6 Å². The predicted molar refractivity (Wildman–Crippen MR) is 130 cm³/mol. The molecule has 11 nitrogen and oxygen atoms in total. The van der Waals surface area contributed by atoms with Crippen molar-refractivity contribution in [2.45, 2.75) is 39.0 Å². The molecule has 3 aromatic heterocycles. The minimum atomic E-state index is -0.616. The molecule has 36 heavy (non-hydrogen) atoms. The van der Waals surface area contributed by atoms with Crippen LogP contribution in [0.5, 0.6) is 0 Å². The highest BCUT2D eigenvalue weighted by atomic mass is 16.5. The van der Waals surface area contributed by atoms with E-state index in [9.17, 15) is 9.59 Å². The molecule has 1 N–H and O–H groups in total. The summed E-state index contributed by atoms with van der Waals surface area (Å²) < 4.78 is 7.03. The van der Waals surface area contributed by atoms with Gasteiger partial charge in [-0.1, -0.05) is 35.5 Å².